The molecule has 9 heteroatoms. The summed E-state index contributed by atoms with van der Waals surface area (Å²) in [5, 5.41) is 0. The van der Waals surface area contributed by atoms with Crippen molar-refractivity contribution in [2.45, 2.75) is 43.7 Å². The number of likely N-dealkylation sites (tertiary alicyclic amines) is 1. The number of aromatic nitrogens is 1. The number of pyridine rings is 1. The van der Waals surface area contributed by atoms with Gasteiger partial charge in [-0.15, -0.1) is 0 Å². The number of likely N-dealkylation sites (N-methyl/N-ethyl adjacent to an activating group) is 1. The lowest BCUT2D eigenvalue weighted by Crippen LogP contribution is -2.48. The summed E-state index contributed by atoms with van der Waals surface area (Å²) < 4.78 is 29.1. The number of hydrogen-bond donors (Lipinski definition) is 0. The molecule has 3 heterocycles. The minimum absolute atomic E-state index is 0.172. The molecule has 1 amide bonds. The van der Waals surface area contributed by atoms with Crippen LogP contribution in [-0.4, -0.2) is 86.3 Å². The van der Waals surface area contributed by atoms with Gasteiger partial charge in [0.2, 0.25) is 16.4 Å². The minimum Gasteiger partial charge on any atom is -0.352 e. The molecule has 184 valence electrons. The number of sulfonamides is 1. The van der Waals surface area contributed by atoms with Gasteiger partial charge in [0.15, 0.2) is 0 Å². The molecule has 0 saturated carbocycles. The van der Waals surface area contributed by atoms with E-state index in [0.29, 0.717) is 38.5 Å². The van der Waals surface area contributed by atoms with Crippen LogP contribution in [0.1, 0.15) is 30.4 Å². The van der Waals surface area contributed by atoms with E-state index in [9.17, 15) is 13.2 Å². The van der Waals surface area contributed by atoms with Crippen LogP contribution >= 0.6 is 0 Å². The van der Waals surface area contributed by atoms with Crippen molar-refractivity contribution in [3.63, 3.8) is 0 Å². The van der Waals surface area contributed by atoms with Gasteiger partial charge in [-0.05, 0) is 43.5 Å². The van der Waals surface area contributed by atoms with E-state index in [2.05, 4.69) is 22.0 Å². The highest BCUT2D eigenvalue weighted by Gasteiger charge is 2.32. The van der Waals surface area contributed by atoms with Crippen LogP contribution in [-0.2, 0) is 21.4 Å². The predicted molar refractivity (Wildman–Crippen MR) is 133 cm³/mol. The van der Waals surface area contributed by atoms with Gasteiger partial charge in [-0.3, -0.25) is 9.69 Å². The third-order valence-corrected chi connectivity index (χ3v) is 8.69. The summed E-state index contributed by atoms with van der Waals surface area (Å²) in [6, 6.07) is 12.3. The first kappa shape index (κ1) is 24.6. The van der Waals surface area contributed by atoms with E-state index in [1.54, 1.807) is 24.2 Å². The number of amides is 1. The van der Waals surface area contributed by atoms with Gasteiger partial charge in [0, 0.05) is 58.6 Å². The molecule has 2 aliphatic heterocycles. The Bertz CT molecular complexity index is 1070. The first-order chi connectivity index (χ1) is 16.4. The van der Waals surface area contributed by atoms with E-state index in [0.717, 1.165) is 44.3 Å². The first-order valence-corrected chi connectivity index (χ1v) is 13.5. The second-order valence-corrected chi connectivity index (χ2v) is 11.4. The Morgan fingerprint density at radius 3 is 2.53 bits per heavy atom. The number of aryl methyl sites for hydroxylation is 1. The van der Waals surface area contributed by atoms with E-state index in [-0.39, 0.29) is 10.9 Å². The second-order valence-electron chi connectivity index (χ2n) is 9.35. The first-order valence-electron chi connectivity index (χ1n) is 12.0. The van der Waals surface area contributed by atoms with Gasteiger partial charge in [-0.1, -0.05) is 36.8 Å². The molecule has 0 bridgehead atoms. The number of piperidine rings is 1. The molecule has 1 aromatic heterocycles. The average Bonchev–Trinajstić information content (AvgIpc) is 2.86. The van der Waals surface area contributed by atoms with E-state index >= 15 is 0 Å². The van der Waals surface area contributed by atoms with Crippen LogP contribution in [0.5, 0.6) is 0 Å². The van der Waals surface area contributed by atoms with Gasteiger partial charge >= 0.3 is 0 Å². The summed E-state index contributed by atoms with van der Waals surface area (Å²) in [5.41, 5.74) is 2.06. The number of hydrogen-bond acceptors (Lipinski definition) is 6. The fourth-order valence-corrected chi connectivity index (χ4v) is 6.31. The molecule has 0 aliphatic carbocycles. The summed E-state index contributed by atoms with van der Waals surface area (Å²) in [7, 11) is -2.06. The fourth-order valence-electron chi connectivity index (χ4n) is 4.86. The zero-order valence-corrected chi connectivity index (χ0v) is 21.0. The van der Waals surface area contributed by atoms with Crippen molar-refractivity contribution in [2.24, 2.45) is 0 Å². The maximum atomic E-state index is 13.8. The van der Waals surface area contributed by atoms with Crippen molar-refractivity contribution in [3.8, 4) is 0 Å². The fraction of sp³-hybridized carbons (Fsp3) is 0.520. The van der Waals surface area contributed by atoms with Crippen molar-refractivity contribution < 1.29 is 13.2 Å². The molecule has 1 atom stereocenters. The lowest BCUT2D eigenvalue weighted by molar-refractivity contribution is -0.118. The normalized spacial score (nSPS) is 20.0. The Hall–Kier alpha value is -2.49. The molecule has 8 nitrogen and oxygen atoms in total. The van der Waals surface area contributed by atoms with Crippen LogP contribution in [0.4, 0.5) is 5.82 Å². The molecule has 1 aromatic carbocycles. The molecule has 2 aliphatic rings. The van der Waals surface area contributed by atoms with Gasteiger partial charge in [0.05, 0.1) is 0 Å². The average molecular weight is 486 g/mol. The van der Waals surface area contributed by atoms with Crippen LogP contribution < -0.4 is 4.90 Å². The lowest BCUT2D eigenvalue weighted by Gasteiger charge is -2.38. The zero-order valence-electron chi connectivity index (χ0n) is 20.1. The van der Waals surface area contributed by atoms with Crippen molar-refractivity contribution in [3.05, 3.63) is 53.7 Å². The molecule has 0 spiro atoms. The van der Waals surface area contributed by atoms with Crippen molar-refractivity contribution in [2.75, 3.05) is 51.2 Å². The number of benzene rings is 1. The molecular weight excluding hydrogens is 450 g/mol. The van der Waals surface area contributed by atoms with E-state index in [1.165, 1.54) is 9.87 Å². The number of anilines is 1. The maximum absolute atomic E-state index is 13.8. The van der Waals surface area contributed by atoms with Crippen molar-refractivity contribution in [1.29, 1.82) is 0 Å². The van der Waals surface area contributed by atoms with Crippen LogP contribution in [0, 0.1) is 6.92 Å². The zero-order chi connectivity index (χ0) is 24.1. The number of carbonyl (C=O) groups excluding carboxylic acids is 1. The molecular formula is C25H35N5O3S. The van der Waals surface area contributed by atoms with Crippen LogP contribution in [0.15, 0.2) is 47.5 Å². The largest absolute Gasteiger partial charge is 0.352 e. The SMILES string of the molecule is Cc1cnc(N2CCN(C=O)CC2)c(S(=O)(=O)N(C)C[C@@H]2CCCCN2Cc2ccccc2)c1. The van der Waals surface area contributed by atoms with Gasteiger partial charge in [-0.25, -0.2) is 13.4 Å². The van der Waals surface area contributed by atoms with Gasteiger partial charge in [-0.2, -0.15) is 4.31 Å². The summed E-state index contributed by atoms with van der Waals surface area (Å²) in [6.07, 6.45) is 5.79. The highest BCUT2D eigenvalue weighted by atomic mass is 32.2. The molecule has 2 saturated heterocycles. The molecule has 0 unspecified atom stereocenters. The van der Waals surface area contributed by atoms with Crippen LogP contribution in [0.3, 0.4) is 0 Å². The topological polar surface area (TPSA) is 77.1 Å². The molecule has 2 aromatic rings. The summed E-state index contributed by atoms with van der Waals surface area (Å²) in [6.45, 7) is 6.37. The van der Waals surface area contributed by atoms with Crippen LogP contribution in [0.25, 0.3) is 0 Å². The number of carbonyl (C=O) groups is 1. The minimum atomic E-state index is -3.74. The summed E-state index contributed by atoms with van der Waals surface area (Å²) in [5.74, 6) is 0.479. The molecule has 4 rings (SSSR count). The standard InChI is InChI=1S/C25H35N5O3S/c1-21-16-24(25(26-17-21)29-14-12-28(20-31)13-15-29)34(32,33)27(2)19-23-10-6-7-11-30(23)18-22-8-4-3-5-9-22/h3-5,8-9,16-17,20,23H,6-7,10-15,18-19H2,1-2H3/t23-/m0/s1. The highest BCUT2D eigenvalue weighted by Crippen LogP contribution is 2.29. The quantitative estimate of drug-likeness (QED) is 0.534. The van der Waals surface area contributed by atoms with Gasteiger partial charge < -0.3 is 9.80 Å². The molecule has 0 N–H and O–H groups in total. The molecule has 2 fully saturated rings. The highest BCUT2D eigenvalue weighted by molar-refractivity contribution is 7.89. The molecule has 34 heavy (non-hydrogen) atoms. The Morgan fingerprint density at radius 2 is 1.82 bits per heavy atom. The Balaban J connectivity index is 1.53. The Kier molecular flexibility index (Phi) is 7.85. The molecule has 0 radical (unpaired) electrons. The predicted octanol–water partition coefficient (Wildman–Crippen LogP) is 2.34. The number of piperazine rings is 1. The van der Waals surface area contributed by atoms with Crippen molar-refractivity contribution >= 4 is 22.3 Å². The van der Waals surface area contributed by atoms with E-state index < -0.39 is 10.0 Å². The maximum Gasteiger partial charge on any atom is 0.246 e. The lowest BCUT2D eigenvalue weighted by atomic mass is 10.0. The van der Waals surface area contributed by atoms with Gasteiger partial charge in [0.1, 0.15) is 10.7 Å². The second kappa shape index (κ2) is 10.8. The smallest absolute Gasteiger partial charge is 0.246 e. The summed E-state index contributed by atoms with van der Waals surface area (Å²) >= 11 is 0. The monoisotopic (exact) mass is 485 g/mol. The van der Waals surface area contributed by atoms with Crippen LogP contribution in [0.2, 0.25) is 0 Å². The number of nitrogens with zero attached hydrogens (tertiary/aromatic N) is 5. The van der Waals surface area contributed by atoms with Crippen molar-refractivity contribution in [1.82, 2.24) is 19.1 Å². The van der Waals surface area contributed by atoms with E-state index in [4.69, 9.17) is 0 Å². The van der Waals surface area contributed by atoms with E-state index in [1.807, 2.05) is 30.0 Å². The number of rotatable bonds is 8. The van der Waals surface area contributed by atoms with Gasteiger partial charge in [0.25, 0.3) is 0 Å². The summed E-state index contributed by atoms with van der Waals surface area (Å²) in [4.78, 5) is 21.9. The Morgan fingerprint density at radius 1 is 1.09 bits per heavy atom. The third-order valence-electron chi connectivity index (χ3n) is 6.87. The third kappa shape index (κ3) is 5.59. The Labute approximate surface area is 203 Å².